The van der Waals surface area contributed by atoms with E-state index in [0.29, 0.717) is 0 Å². The number of benzene rings is 6. The third-order valence-corrected chi connectivity index (χ3v) is 9.60. The molecule has 214 valence electrons. The number of ether oxygens (including phenoxy) is 1. The van der Waals surface area contributed by atoms with Crippen molar-refractivity contribution in [3.63, 3.8) is 0 Å². The van der Waals surface area contributed by atoms with Gasteiger partial charge in [0.15, 0.2) is 0 Å². The maximum Gasteiger partial charge on any atom is 0.119 e. The Labute approximate surface area is 258 Å². The number of rotatable bonds is 6. The smallest absolute Gasteiger partial charge is 0.119 e. The average molecular weight is 571 g/mol. The normalized spacial score (nSPS) is 15.3. The number of hydrogen-bond acceptors (Lipinski definition) is 2. The number of methoxy groups -OCH3 is 1. The molecule has 0 saturated heterocycles. The van der Waals surface area contributed by atoms with Crippen LogP contribution in [0.4, 0.5) is 17.1 Å². The molecular formula is C41H34N2O. The van der Waals surface area contributed by atoms with E-state index in [1.54, 1.807) is 7.11 Å². The molecule has 0 fully saturated rings. The lowest BCUT2D eigenvalue weighted by atomic mass is 9.76. The Morgan fingerprint density at radius 1 is 0.636 bits per heavy atom. The highest BCUT2D eigenvalue weighted by Gasteiger charge is 2.40. The van der Waals surface area contributed by atoms with Crippen molar-refractivity contribution in [3.8, 4) is 22.6 Å². The molecule has 1 aromatic heterocycles. The van der Waals surface area contributed by atoms with E-state index >= 15 is 0 Å². The highest BCUT2D eigenvalue weighted by molar-refractivity contribution is 6.15. The van der Waals surface area contributed by atoms with E-state index in [1.807, 2.05) is 12.1 Å². The van der Waals surface area contributed by atoms with Crippen LogP contribution in [0.15, 0.2) is 140 Å². The number of fused-ring (bicyclic) bond motifs is 7. The molecule has 0 bridgehead atoms. The summed E-state index contributed by atoms with van der Waals surface area (Å²) in [5.74, 6) is 0.845. The Balaban J connectivity index is 1.46. The molecule has 3 nitrogen and oxygen atoms in total. The summed E-state index contributed by atoms with van der Waals surface area (Å²) >= 11 is 0. The number of nitrogens with zero attached hydrogens (tertiary/aromatic N) is 2. The van der Waals surface area contributed by atoms with Gasteiger partial charge in [0.05, 0.1) is 18.1 Å². The van der Waals surface area contributed by atoms with Crippen molar-refractivity contribution in [1.29, 1.82) is 0 Å². The molecule has 44 heavy (non-hydrogen) atoms. The minimum atomic E-state index is -0.0909. The zero-order valence-electron chi connectivity index (χ0n) is 25.3. The summed E-state index contributed by atoms with van der Waals surface area (Å²) in [7, 11) is 1.71. The predicted molar refractivity (Wildman–Crippen MR) is 184 cm³/mol. The van der Waals surface area contributed by atoms with E-state index in [-0.39, 0.29) is 5.41 Å². The summed E-state index contributed by atoms with van der Waals surface area (Å²) in [6.07, 6.45) is 1.02. The van der Waals surface area contributed by atoms with Gasteiger partial charge in [-0.25, -0.2) is 0 Å². The van der Waals surface area contributed by atoms with Crippen LogP contribution < -0.4 is 9.64 Å². The van der Waals surface area contributed by atoms with Crippen molar-refractivity contribution < 1.29 is 4.74 Å². The van der Waals surface area contributed by atoms with Gasteiger partial charge in [0.25, 0.3) is 0 Å². The summed E-state index contributed by atoms with van der Waals surface area (Å²) in [6, 6.07) is 50.3. The minimum absolute atomic E-state index is 0.0909. The van der Waals surface area contributed by atoms with Crippen molar-refractivity contribution in [2.24, 2.45) is 0 Å². The second-order valence-electron chi connectivity index (χ2n) is 11.9. The number of anilines is 3. The Kier molecular flexibility index (Phi) is 6.09. The van der Waals surface area contributed by atoms with Gasteiger partial charge in [0.2, 0.25) is 0 Å². The van der Waals surface area contributed by atoms with Crippen LogP contribution in [0.1, 0.15) is 31.4 Å². The van der Waals surface area contributed by atoms with Crippen molar-refractivity contribution in [1.82, 2.24) is 4.57 Å². The van der Waals surface area contributed by atoms with Crippen molar-refractivity contribution in [3.05, 3.63) is 151 Å². The zero-order valence-corrected chi connectivity index (χ0v) is 25.3. The molecule has 3 heteroatoms. The lowest BCUT2D eigenvalue weighted by Crippen LogP contribution is -2.19. The van der Waals surface area contributed by atoms with Crippen LogP contribution in [-0.2, 0) is 5.41 Å². The quantitative estimate of drug-likeness (QED) is 0.198. The Morgan fingerprint density at radius 3 is 2.00 bits per heavy atom. The fourth-order valence-electron chi connectivity index (χ4n) is 7.35. The SMILES string of the molecule is CCC1(C)c2ccccc2-c2ccc3c(c21)c1cc(N(c2ccccc2)c2ccc(OC)cc2)ccc1n3-c1ccccc1. The third-order valence-electron chi connectivity index (χ3n) is 9.60. The van der Waals surface area contributed by atoms with E-state index < -0.39 is 0 Å². The summed E-state index contributed by atoms with van der Waals surface area (Å²) in [5, 5.41) is 2.60. The molecule has 0 aliphatic heterocycles. The first-order chi connectivity index (χ1) is 21.6. The van der Waals surface area contributed by atoms with Crippen molar-refractivity contribution in [2.45, 2.75) is 25.7 Å². The highest BCUT2D eigenvalue weighted by Crippen LogP contribution is 2.55. The van der Waals surface area contributed by atoms with Crippen LogP contribution in [0.5, 0.6) is 5.75 Å². The molecule has 1 aliphatic rings. The lowest BCUT2D eigenvalue weighted by molar-refractivity contribution is 0.415. The first-order valence-corrected chi connectivity index (χ1v) is 15.4. The zero-order chi connectivity index (χ0) is 29.8. The van der Waals surface area contributed by atoms with Gasteiger partial charge in [-0.05, 0) is 101 Å². The maximum absolute atomic E-state index is 5.49. The number of hydrogen-bond donors (Lipinski definition) is 0. The first-order valence-electron chi connectivity index (χ1n) is 15.4. The third kappa shape index (κ3) is 3.82. The monoisotopic (exact) mass is 570 g/mol. The van der Waals surface area contributed by atoms with E-state index in [0.717, 1.165) is 29.2 Å². The van der Waals surface area contributed by atoms with Crippen LogP contribution in [0, 0.1) is 0 Å². The fourth-order valence-corrected chi connectivity index (χ4v) is 7.35. The topological polar surface area (TPSA) is 17.4 Å². The molecule has 0 radical (unpaired) electrons. The summed E-state index contributed by atoms with van der Waals surface area (Å²) in [5.41, 5.74) is 12.4. The molecule has 1 heterocycles. The van der Waals surface area contributed by atoms with Crippen LogP contribution in [-0.4, -0.2) is 11.7 Å². The number of para-hydroxylation sites is 2. The molecule has 1 unspecified atom stereocenters. The molecule has 6 aromatic carbocycles. The van der Waals surface area contributed by atoms with Gasteiger partial charge in [-0.2, -0.15) is 0 Å². The minimum Gasteiger partial charge on any atom is -0.497 e. The first kappa shape index (κ1) is 26.4. The largest absolute Gasteiger partial charge is 0.497 e. The predicted octanol–water partition coefficient (Wildman–Crippen LogP) is 11.0. The molecule has 7 aromatic rings. The molecule has 0 saturated carbocycles. The maximum atomic E-state index is 5.49. The molecule has 0 amide bonds. The van der Waals surface area contributed by atoms with Gasteiger partial charge in [0.1, 0.15) is 5.75 Å². The van der Waals surface area contributed by atoms with Gasteiger partial charge in [0, 0.05) is 38.9 Å². The van der Waals surface area contributed by atoms with Crippen LogP contribution in [0.2, 0.25) is 0 Å². The Bertz CT molecular complexity index is 2150. The van der Waals surface area contributed by atoms with Gasteiger partial charge < -0.3 is 14.2 Å². The molecular weight excluding hydrogens is 536 g/mol. The summed E-state index contributed by atoms with van der Waals surface area (Å²) in [6.45, 7) is 4.76. The van der Waals surface area contributed by atoms with Gasteiger partial charge in [-0.1, -0.05) is 80.6 Å². The molecule has 8 rings (SSSR count). The van der Waals surface area contributed by atoms with Crippen molar-refractivity contribution >= 4 is 38.9 Å². The standard InChI is InChI=1S/C41H34N2O/c1-4-41(2)36-18-12-11-17-33(36)34-24-26-38-39(40(34)41)35-27-31(21-25-37(35)43(38)29-15-9-6-10-16-29)42(28-13-7-5-8-14-28)30-19-22-32(44-3)23-20-30/h5-27H,4H2,1-3H3. The van der Waals surface area contributed by atoms with E-state index in [2.05, 4.69) is 151 Å². The number of aromatic nitrogens is 1. The van der Waals surface area contributed by atoms with Crippen LogP contribution >= 0.6 is 0 Å². The van der Waals surface area contributed by atoms with E-state index in [1.165, 1.54) is 49.7 Å². The summed E-state index contributed by atoms with van der Waals surface area (Å²) < 4.78 is 7.93. The van der Waals surface area contributed by atoms with Gasteiger partial charge in [-0.15, -0.1) is 0 Å². The molecule has 1 aliphatic carbocycles. The lowest BCUT2D eigenvalue weighted by Gasteiger charge is -2.27. The second kappa shape index (κ2) is 10.2. The Hall–Kier alpha value is -5.28. The molecule has 0 N–H and O–H groups in total. The fraction of sp³-hybridized carbons (Fsp3) is 0.122. The average Bonchev–Trinajstić information content (AvgIpc) is 3.55. The second-order valence-corrected chi connectivity index (χ2v) is 11.9. The van der Waals surface area contributed by atoms with E-state index in [4.69, 9.17) is 4.74 Å². The van der Waals surface area contributed by atoms with Gasteiger partial charge in [-0.3, -0.25) is 0 Å². The van der Waals surface area contributed by atoms with Crippen molar-refractivity contribution in [2.75, 3.05) is 12.0 Å². The molecule has 0 spiro atoms. The summed E-state index contributed by atoms with van der Waals surface area (Å²) in [4.78, 5) is 2.33. The molecule has 1 atom stereocenters. The van der Waals surface area contributed by atoms with Gasteiger partial charge >= 0.3 is 0 Å². The Morgan fingerprint density at radius 2 is 1.27 bits per heavy atom. The van der Waals surface area contributed by atoms with E-state index in [9.17, 15) is 0 Å². The van der Waals surface area contributed by atoms with Crippen LogP contribution in [0.25, 0.3) is 38.6 Å². The van der Waals surface area contributed by atoms with Crippen LogP contribution in [0.3, 0.4) is 0 Å². The highest BCUT2D eigenvalue weighted by atomic mass is 16.5.